The molecule has 1 aliphatic rings. The number of rotatable bonds is 11. The summed E-state index contributed by atoms with van der Waals surface area (Å²) in [6, 6.07) is 7.50. The van der Waals surface area contributed by atoms with Gasteiger partial charge < -0.3 is 14.9 Å². The van der Waals surface area contributed by atoms with Crippen LogP contribution in [0.3, 0.4) is 0 Å². The number of carboxylic acids is 1. The lowest BCUT2D eigenvalue weighted by Crippen LogP contribution is -2.39. The molecule has 8 heteroatoms. The normalized spacial score (nSPS) is 18.2. The van der Waals surface area contributed by atoms with Crippen molar-refractivity contribution in [3.63, 3.8) is 0 Å². The van der Waals surface area contributed by atoms with Crippen molar-refractivity contribution < 1.29 is 32.9 Å². The van der Waals surface area contributed by atoms with E-state index in [9.17, 15) is 23.1 Å². The Kier molecular flexibility index (Phi) is 9.10. The van der Waals surface area contributed by atoms with E-state index >= 15 is 0 Å². The van der Waals surface area contributed by atoms with Gasteiger partial charge in [0.2, 0.25) is 0 Å². The third-order valence-corrected chi connectivity index (χ3v) is 6.42. The van der Waals surface area contributed by atoms with Crippen LogP contribution in [0.2, 0.25) is 0 Å². The van der Waals surface area contributed by atoms with Gasteiger partial charge in [0.15, 0.2) is 11.6 Å². The van der Waals surface area contributed by atoms with E-state index in [1.165, 1.54) is 0 Å². The minimum Gasteiger partial charge on any atom is -0.481 e. The van der Waals surface area contributed by atoms with E-state index in [0.29, 0.717) is 29.7 Å². The second-order valence-electron chi connectivity index (χ2n) is 9.07. The number of aliphatic hydroxyl groups excluding tert-OH is 1. The molecule has 1 aliphatic heterocycles. The molecule has 5 nitrogen and oxygen atoms in total. The number of aryl methyl sites for hydroxylation is 2. The van der Waals surface area contributed by atoms with E-state index in [1.54, 1.807) is 26.0 Å². The fraction of sp³-hybridized carbons (Fsp3) is 0.500. The predicted octanol–water partition coefficient (Wildman–Crippen LogP) is 4.58. The molecule has 2 aromatic carbocycles. The Morgan fingerprint density at radius 1 is 1.18 bits per heavy atom. The van der Waals surface area contributed by atoms with Crippen molar-refractivity contribution in [2.24, 2.45) is 0 Å². The molecule has 3 rings (SSSR count). The van der Waals surface area contributed by atoms with Crippen LogP contribution < -0.4 is 0 Å². The summed E-state index contributed by atoms with van der Waals surface area (Å²) in [6.45, 7) is 4.59. The van der Waals surface area contributed by atoms with Crippen molar-refractivity contribution in [3.05, 3.63) is 70.0 Å². The molecule has 3 atom stereocenters. The van der Waals surface area contributed by atoms with Crippen LogP contribution in [0.15, 0.2) is 30.3 Å². The van der Waals surface area contributed by atoms with Crippen LogP contribution in [0.5, 0.6) is 0 Å². The maximum atomic E-state index is 13.9. The molecule has 0 amide bonds. The van der Waals surface area contributed by atoms with Gasteiger partial charge in [0, 0.05) is 19.0 Å². The summed E-state index contributed by atoms with van der Waals surface area (Å²) in [4.78, 5) is 13.1. The van der Waals surface area contributed by atoms with Crippen molar-refractivity contribution >= 4 is 5.97 Å². The first-order valence-electron chi connectivity index (χ1n) is 11.6. The number of hydrogen-bond donors (Lipinski definition) is 2. The second kappa shape index (κ2) is 11.8. The van der Waals surface area contributed by atoms with Gasteiger partial charge in [0.1, 0.15) is 5.82 Å². The lowest BCUT2D eigenvalue weighted by Gasteiger charge is -2.28. The van der Waals surface area contributed by atoms with E-state index in [4.69, 9.17) is 9.84 Å². The van der Waals surface area contributed by atoms with Gasteiger partial charge in [-0.25, -0.2) is 13.2 Å². The summed E-state index contributed by atoms with van der Waals surface area (Å²) in [5.74, 6) is -3.32. The Hall–Kier alpha value is -2.42. The van der Waals surface area contributed by atoms with Crippen LogP contribution >= 0.6 is 0 Å². The van der Waals surface area contributed by atoms with Gasteiger partial charge >= 0.3 is 5.97 Å². The Morgan fingerprint density at radius 2 is 1.91 bits per heavy atom. The van der Waals surface area contributed by atoms with Gasteiger partial charge in [-0.05, 0) is 86.5 Å². The molecule has 0 spiro atoms. The van der Waals surface area contributed by atoms with E-state index < -0.39 is 29.8 Å². The van der Waals surface area contributed by atoms with Gasteiger partial charge in [-0.3, -0.25) is 9.69 Å². The van der Waals surface area contributed by atoms with Crippen LogP contribution in [-0.2, 0) is 22.4 Å². The average Bonchev–Trinajstić information content (AvgIpc) is 3.21. The summed E-state index contributed by atoms with van der Waals surface area (Å²) in [5.41, 5.74) is 2.27. The fourth-order valence-electron chi connectivity index (χ4n) is 4.51. The molecule has 186 valence electrons. The zero-order chi connectivity index (χ0) is 24.8. The van der Waals surface area contributed by atoms with Crippen molar-refractivity contribution in [2.45, 2.75) is 64.2 Å². The first-order chi connectivity index (χ1) is 16.1. The van der Waals surface area contributed by atoms with Crippen molar-refractivity contribution in [1.29, 1.82) is 0 Å². The number of carboxylic acid groups (broad SMARTS) is 1. The molecule has 0 radical (unpaired) electrons. The van der Waals surface area contributed by atoms with Crippen LogP contribution in [0.1, 0.15) is 54.5 Å². The highest BCUT2D eigenvalue weighted by atomic mass is 19.2. The molecule has 0 bridgehead atoms. The monoisotopic (exact) mass is 479 g/mol. The zero-order valence-corrected chi connectivity index (χ0v) is 19.6. The number of aliphatic hydroxyl groups is 1. The zero-order valence-electron chi connectivity index (χ0n) is 19.6. The summed E-state index contributed by atoms with van der Waals surface area (Å²) in [5, 5.41) is 19.5. The van der Waals surface area contributed by atoms with Crippen molar-refractivity contribution in [2.75, 3.05) is 19.7 Å². The second-order valence-corrected chi connectivity index (χ2v) is 9.07. The van der Waals surface area contributed by atoms with Gasteiger partial charge in [-0.2, -0.15) is 0 Å². The lowest BCUT2D eigenvalue weighted by atomic mass is 9.98. The number of benzene rings is 2. The largest absolute Gasteiger partial charge is 0.481 e. The molecular formula is C26H32F3NO4. The van der Waals surface area contributed by atoms with E-state index in [1.807, 2.05) is 6.07 Å². The van der Waals surface area contributed by atoms with Gasteiger partial charge in [0.25, 0.3) is 0 Å². The Morgan fingerprint density at radius 3 is 2.62 bits per heavy atom. The summed E-state index contributed by atoms with van der Waals surface area (Å²) in [7, 11) is 0. The number of carbonyl (C=O) groups is 1. The highest BCUT2D eigenvalue weighted by Crippen LogP contribution is 2.26. The van der Waals surface area contributed by atoms with E-state index in [-0.39, 0.29) is 31.3 Å². The fourth-order valence-corrected chi connectivity index (χ4v) is 4.51. The topological polar surface area (TPSA) is 70.0 Å². The molecule has 1 fully saturated rings. The quantitative estimate of drug-likeness (QED) is 0.494. The molecular weight excluding hydrogens is 447 g/mol. The molecule has 0 saturated carbocycles. The summed E-state index contributed by atoms with van der Waals surface area (Å²) in [6.07, 6.45) is 1.03. The highest BCUT2D eigenvalue weighted by molar-refractivity contribution is 5.67. The Labute approximate surface area is 198 Å². The number of aliphatic carboxylic acids is 1. The third-order valence-electron chi connectivity index (χ3n) is 6.42. The van der Waals surface area contributed by atoms with Crippen LogP contribution in [0, 0.1) is 24.4 Å². The van der Waals surface area contributed by atoms with E-state index in [2.05, 4.69) is 4.90 Å². The summed E-state index contributed by atoms with van der Waals surface area (Å²) >= 11 is 0. The Bertz CT molecular complexity index is 1000. The highest BCUT2D eigenvalue weighted by Gasteiger charge is 2.27. The maximum Gasteiger partial charge on any atom is 0.303 e. The number of hydrogen-bond acceptors (Lipinski definition) is 4. The number of β-amino-alcohol motifs (C(OH)–C–C–N with tert-alkyl or cyclic N) is 1. The molecule has 0 aliphatic carbocycles. The summed E-state index contributed by atoms with van der Waals surface area (Å²) < 4.78 is 47.2. The number of ether oxygens (including phenoxy) is 1. The number of nitrogens with zero attached hydrogens (tertiary/aromatic N) is 1. The smallest absolute Gasteiger partial charge is 0.303 e. The van der Waals surface area contributed by atoms with Gasteiger partial charge in [-0.15, -0.1) is 0 Å². The molecule has 2 aromatic rings. The standard InChI is InChI=1S/C26H32F3NO4/c1-16-5-6-18(11-23(16)27)10-20-4-3-9-30(20)14-21(31)15-34-17(2)22-13-25(29)24(28)12-19(22)7-8-26(32)33/h5-6,11-13,17,20-21,31H,3-4,7-10,14-15H2,1-2H3,(H,32,33)/t17-,20+,21-/m1/s1. The third kappa shape index (κ3) is 7.04. The van der Waals surface area contributed by atoms with Crippen LogP contribution in [0.25, 0.3) is 0 Å². The molecule has 2 N–H and O–H groups in total. The molecule has 34 heavy (non-hydrogen) atoms. The SMILES string of the molecule is Cc1ccc(C[C@@H]2CCCN2C[C@@H](O)CO[C@H](C)c2cc(F)c(F)cc2CCC(=O)O)cc1F. The first-order valence-corrected chi connectivity index (χ1v) is 11.6. The van der Waals surface area contributed by atoms with Crippen molar-refractivity contribution in [3.8, 4) is 0 Å². The minimum atomic E-state index is -1.04. The number of halogens is 3. The van der Waals surface area contributed by atoms with Crippen molar-refractivity contribution in [1.82, 2.24) is 4.90 Å². The van der Waals surface area contributed by atoms with Gasteiger partial charge in [-0.1, -0.05) is 12.1 Å². The predicted molar refractivity (Wildman–Crippen MR) is 122 cm³/mol. The molecule has 0 aromatic heterocycles. The average molecular weight is 480 g/mol. The molecule has 0 unspecified atom stereocenters. The Balaban J connectivity index is 1.56. The van der Waals surface area contributed by atoms with Crippen LogP contribution in [-0.4, -0.2) is 52.9 Å². The first kappa shape index (κ1) is 26.2. The van der Waals surface area contributed by atoms with E-state index in [0.717, 1.165) is 37.1 Å². The maximum absolute atomic E-state index is 13.9. The molecule has 1 heterocycles. The lowest BCUT2D eigenvalue weighted by molar-refractivity contribution is -0.136. The van der Waals surface area contributed by atoms with Gasteiger partial charge in [0.05, 0.1) is 18.8 Å². The van der Waals surface area contributed by atoms with Crippen LogP contribution in [0.4, 0.5) is 13.2 Å². The molecule has 1 saturated heterocycles. The minimum absolute atomic E-state index is 0.0130. The number of likely N-dealkylation sites (tertiary alicyclic amines) is 1.